The highest BCUT2D eigenvalue weighted by Gasteiger charge is 2.22. The van der Waals surface area contributed by atoms with Crippen molar-refractivity contribution in [1.82, 2.24) is 5.32 Å². The summed E-state index contributed by atoms with van der Waals surface area (Å²) in [5.41, 5.74) is 8.53. The summed E-state index contributed by atoms with van der Waals surface area (Å²) in [5.74, 6) is 0.572. The number of nitrogens with two attached hydrogens (primary N) is 1. The van der Waals surface area contributed by atoms with Crippen LogP contribution in [-0.2, 0) is 9.53 Å². The van der Waals surface area contributed by atoms with Crippen LogP contribution in [0.15, 0.2) is 24.3 Å². The van der Waals surface area contributed by atoms with Gasteiger partial charge in [-0.15, -0.1) is 12.4 Å². The molecule has 1 aliphatic heterocycles. The lowest BCUT2D eigenvalue weighted by molar-refractivity contribution is -0.121. The summed E-state index contributed by atoms with van der Waals surface area (Å²) in [6.45, 7) is 6.90. The normalized spacial score (nSPS) is 21.4. The van der Waals surface area contributed by atoms with E-state index in [1.807, 2.05) is 0 Å². The highest BCUT2D eigenvalue weighted by atomic mass is 35.5. The van der Waals surface area contributed by atoms with Crippen molar-refractivity contribution >= 4 is 18.3 Å². The molecule has 3 atom stereocenters. The zero-order valence-corrected chi connectivity index (χ0v) is 15.8. The zero-order valence-electron chi connectivity index (χ0n) is 15.0. The smallest absolute Gasteiger partial charge is 0.220 e. The molecule has 0 radical (unpaired) electrons. The lowest BCUT2D eigenvalue weighted by atomic mass is 9.99. The number of nitrogens with one attached hydrogen (secondary N) is 1. The topological polar surface area (TPSA) is 64.4 Å². The van der Waals surface area contributed by atoms with Crippen molar-refractivity contribution in [2.75, 3.05) is 6.54 Å². The van der Waals surface area contributed by atoms with E-state index in [4.69, 9.17) is 10.5 Å². The molecule has 1 amide bonds. The van der Waals surface area contributed by atoms with E-state index in [0.717, 1.165) is 24.8 Å². The van der Waals surface area contributed by atoms with E-state index >= 15 is 0 Å². The maximum atomic E-state index is 11.9. The minimum Gasteiger partial charge on any atom is -0.375 e. The molecule has 0 spiro atoms. The van der Waals surface area contributed by atoms with Crippen LogP contribution in [0, 0.1) is 0 Å². The fourth-order valence-corrected chi connectivity index (χ4v) is 2.95. The Hall–Kier alpha value is -1.10. The second-order valence-corrected chi connectivity index (χ2v) is 6.92. The number of hydrogen-bond acceptors (Lipinski definition) is 3. The van der Waals surface area contributed by atoms with Gasteiger partial charge in [-0.2, -0.15) is 0 Å². The van der Waals surface area contributed by atoms with Crippen molar-refractivity contribution in [2.45, 2.75) is 70.6 Å². The number of ether oxygens (including phenoxy) is 1. The van der Waals surface area contributed by atoms with E-state index in [1.165, 1.54) is 5.56 Å². The SMILES string of the molecule is CC1CCC(CCC(=O)NCC(N)c2ccc(C(C)C)cc2)O1.Cl. The highest BCUT2D eigenvalue weighted by Crippen LogP contribution is 2.22. The standard InChI is InChI=1S/C19H30N2O2.ClH/c1-13(2)15-5-7-16(8-6-15)18(20)12-21-19(22)11-10-17-9-4-14(3)23-17;/h5-8,13-14,17-18H,4,9-12,20H2,1-3H3,(H,21,22);1H. The summed E-state index contributed by atoms with van der Waals surface area (Å²) in [6.07, 6.45) is 4.06. The molecule has 1 fully saturated rings. The summed E-state index contributed by atoms with van der Waals surface area (Å²) in [7, 11) is 0. The number of carbonyl (C=O) groups is 1. The molecule has 4 nitrogen and oxygen atoms in total. The van der Waals surface area contributed by atoms with E-state index in [0.29, 0.717) is 25.0 Å². The first-order chi connectivity index (χ1) is 11.0. The first-order valence-electron chi connectivity index (χ1n) is 8.73. The van der Waals surface area contributed by atoms with Gasteiger partial charge >= 0.3 is 0 Å². The maximum absolute atomic E-state index is 11.9. The average Bonchev–Trinajstić information content (AvgIpc) is 2.96. The van der Waals surface area contributed by atoms with Crippen LogP contribution in [0.1, 0.15) is 69.5 Å². The average molecular weight is 355 g/mol. The molecule has 5 heteroatoms. The van der Waals surface area contributed by atoms with Gasteiger partial charge in [0.15, 0.2) is 0 Å². The Kier molecular flexibility index (Phi) is 8.74. The van der Waals surface area contributed by atoms with Gasteiger partial charge in [0.2, 0.25) is 5.91 Å². The number of carbonyl (C=O) groups excluding carboxylic acids is 1. The molecule has 0 saturated carbocycles. The largest absolute Gasteiger partial charge is 0.375 e. The molecule has 136 valence electrons. The Morgan fingerprint density at radius 1 is 1.25 bits per heavy atom. The third kappa shape index (κ3) is 6.42. The molecule has 2 rings (SSSR count). The van der Waals surface area contributed by atoms with Crippen LogP contribution in [-0.4, -0.2) is 24.7 Å². The molecule has 1 aliphatic rings. The van der Waals surface area contributed by atoms with Crippen LogP contribution < -0.4 is 11.1 Å². The molecule has 0 aliphatic carbocycles. The lowest BCUT2D eigenvalue weighted by Crippen LogP contribution is -2.32. The minimum absolute atomic E-state index is 0. The first kappa shape index (κ1) is 20.9. The zero-order chi connectivity index (χ0) is 16.8. The van der Waals surface area contributed by atoms with E-state index in [-0.39, 0.29) is 30.5 Å². The number of benzene rings is 1. The van der Waals surface area contributed by atoms with Gasteiger partial charge in [0.25, 0.3) is 0 Å². The van der Waals surface area contributed by atoms with Gasteiger partial charge in [-0.25, -0.2) is 0 Å². The summed E-state index contributed by atoms with van der Waals surface area (Å²) < 4.78 is 5.73. The second kappa shape index (κ2) is 10.0. The minimum atomic E-state index is -0.164. The van der Waals surface area contributed by atoms with Crippen LogP contribution in [0.5, 0.6) is 0 Å². The van der Waals surface area contributed by atoms with Gasteiger partial charge in [0.05, 0.1) is 12.2 Å². The van der Waals surface area contributed by atoms with Gasteiger partial charge < -0.3 is 15.8 Å². The van der Waals surface area contributed by atoms with E-state index < -0.39 is 0 Å². The fourth-order valence-electron chi connectivity index (χ4n) is 2.95. The molecule has 1 aromatic carbocycles. The summed E-state index contributed by atoms with van der Waals surface area (Å²) in [6, 6.07) is 8.17. The molecule has 24 heavy (non-hydrogen) atoms. The Balaban J connectivity index is 0.00000288. The number of rotatable bonds is 7. The summed E-state index contributed by atoms with van der Waals surface area (Å²) in [5, 5.41) is 2.93. The molecular weight excluding hydrogens is 324 g/mol. The summed E-state index contributed by atoms with van der Waals surface area (Å²) >= 11 is 0. The molecule has 0 bridgehead atoms. The molecular formula is C19H31ClN2O2. The van der Waals surface area contributed by atoms with Gasteiger partial charge in [-0.1, -0.05) is 38.1 Å². The molecule has 1 heterocycles. The predicted octanol–water partition coefficient (Wildman–Crippen LogP) is 3.70. The summed E-state index contributed by atoms with van der Waals surface area (Å²) in [4.78, 5) is 11.9. The monoisotopic (exact) mass is 354 g/mol. The fraction of sp³-hybridized carbons (Fsp3) is 0.632. The Morgan fingerprint density at radius 3 is 2.42 bits per heavy atom. The highest BCUT2D eigenvalue weighted by molar-refractivity contribution is 5.85. The van der Waals surface area contributed by atoms with Crippen molar-refractivity contribution in [3.05, 3.63) is 35.4 Å². The van der Waals surface area contributed by atoms with Crippen molar-refractivity contribution in [3.63, 3.8) is 0 Å². The Bertz CT molecular complexity index is 505. The molecule has 0 aromatic heterocycles. The van der Waals surface area contributed by atoms with Crippen molar-refractivity contribution in [1.29, 1.82) is 0 Å². The third-order valence-corrected chi connectivity index (χ3v) is 4.56. The van der Waals surface area contributed by atoms with Crippen molar-refractivity contribution < 1.29 is 9.53 Å². The van der Waals surface area contributed by atoms with Crippen molar-refractivity contribution in [2.24, 2.45) is 5.73 Å². The van der Waals surface area contributed by atoms with Crippen LogP contribution in [0.25, 0.3) is 0 Å². The molecule has 1 saturated heterocycles. The molecule has 3 unspecified atom stereocenters. The molecule has 3 N–H and O–H groups in total. The quantitative estimate of drug-likeness (QED) is 0.784. The van der Waals surface area contributed by atoms with Gasteiger partial charge in [0, 0.05) is 19.0 Å². The third-order valence-electron chi connectivity index (χ3n) is 4.56. The van der Waals surface area contributed by atoms with Crippen molar-refractivity contribution in [3.8, 4) is 0 Å². The van der Waals surface area contributed by atoms with Crippen LogP contribution in [0.2, 0.25) is 0 Å². The van der Waals surface area contributed by atoms with Gasteiger partial charge in [-0.3, -0.25) is 4.79 Å². The maximum Gasteiger partial charge on any atom is 0.220 e. The Morgan fingerprint density at radius 2 is 1.88 bits per heavy atom. The predicted molar refractivity (Wildman–Crippen MR) is 101 cm³/mol. The van der Waals surface area contributed by atoms with E-state index in [2.05, 4.69) is 50.4 Å². The van der Waals surface area contributed by atoms with Gasteiger partial charge in [0.1, 0.15) is 0 Å². The van der Waals surface area contributed by atoms with E-state index in [1.54, 1.807) is 0 Å². The number of halogens is 1. The second-order valence-electron chi connectivity index (χ2n) is 6.92. The Labute approximate surface area is 151 Å². The lowest BCUT2D eigenvalue weighted by Gasteiger charge is -2.15. The van der Waals surface area contributed by atoms with Gasteiger partial charge in [-0.05, 0) is 43.2 Å². The van der Waals surface area contributed by atoms with Crippen LogP contribution >= 0.6 is 12.4 Å². The van der Waals surface area contributed by atoms with E-state index in [9.17, 15) is 4.79 Å². The molecule has 1 aromatic rings. The number of hydrogen-bond donors (Lipinski definition) is 2. The van der Waals surface area contributed by atoms with Crippen LogP contribution in [0.3, 0.4) is 0 Å². The first-order valence-corrected chi connectivity index (χ1v) is 8.73. The van der Waals surface area contributed by atoms with Crippen LogP contribution in [0.4, 0.5) is 0 Å². The number of amides is 1.